The van der Waals surface area contributed by atoms with E-state index < -0.39 is 4.92 Å². The first-order chi connectivity index (χ1) is 11.1. The molecule has 1 aliphatic rings. The normalized spacial score (nSPS) is 14.3. The molecule has 23 heavy (non-hydrogen) atoms. The molecule has 0 N–H and O–H groups in total. The third kappa shape index (κ3) is 3.29. The topological polar surface area (TPSA) is 63.4 Å². The smallest absolute Gasteiger partial charge is 0.270 e. The standard InChI is InChI=1S/C18H16N2O3/c21-18(16-7-4-8-17(13-16)20(22)23)19-11-9-15(10-12-19)14-5-2-1-3-6-14/h1-9,13H,10-12H2. The van der Waals surface area contributed by atoms with Crippen LogP contribution in [0.1, 0.15) is 22.3 Å². The Kier molecular flexibility index (Phi) is 4.19. The molecule has 5 heteroatoms. The Balaban J connectivity index is 1.74. The first kappa shape index (κ1) is 15.0. The summed E-state index contributed by atoms with van der Waals surface area (Å²) in [6, 6.07) is 16.0. The van der Waals surface area contributed by atoms with Gasteiger partial charge < -0.3 is 4.90 Å². The van der Waals surface area contributed by atoms with Gasteiger partial charge in [-0.1, -0.05) is 42.5 Å². The molecule has 1 amide bonds. The predicted molar refractivity (Wildman–Crippen MR) is 88.0 cm³/mol. The Morgan fingerprint density at radius 1 is 1.09 bits per heavy atom. The van der Waals surface area contributed by atoms with Crippen molar-refractivity contribution >= 4 is 17.2 Å². The van der Waals surface area contributed by atoms with Crippen molar-refractivity contribution in [3.63, 3.8) is 0 Å². The SMILES string of the molecule is O=C(c1cccc([N+](=O)[O-])c1)N1CC=C(c2ccccc2)CC1. The van der Waals surface area contributed by atoms with E-state index in [1.807, 2.05) is 24.3 Å². The number of benzene rings is 2. The van der Waals surface area contributed by atoms with E-state index in [-0.39, 0.29) is 11.6 Å². The number of amides is 1. The van der Waals surface area contributed by atoms with E-state index in [1.165, 1.54) is 23.3 Å². The van der Waals surface area contributed by atoms with Crippen LogP contribution in [-0.2, 0) is 0 Å². The molecule has 116 valence electrons. The average molecular weight is 308 g/mol. The number of rotatable bonds is 3. The molecule has 0 fully saturated rings. The molecule has 0 saturated heterocycles. The lowest BCUT2D eigenvalue weighted by Gasteiger charge is -2.26. The van der Waals surface area contributed by atoms with Gasteiger partial charge in [0.05, 0.1) is 4.92 Å². The van der Waals surface area contributed by atoms with Gasteiger partial charge >= 0.3 is 0 Å². The van der Waals surface area contributed by atoms with Crippen LogP contribution in [0.3, 0.4) is 0 Å². The molecule has 1 aliphatic heterocycles. The molecule has 2 aromatic rings. The van der Waals surface area contributed by atoms with E-state index in [9.17, 15) is 14.9 Å². The van der Waals surface area contributed by atoms with Gasteiger partial charge in [-0.15, -0.1) is 0 Å². The van der Waals surface area contributed by atoms with Gasteiger partial charge in [0.2, 0.25) is 0 Å². The second kappa shape index (κ2) is 6.44. The van der Waals surface area contributed by atoms with Gasteiger partial charge in [-0.2, -0.15) is 0 Å². The summed E-state index contributed by atoms with van der Waals surface area (Å²) in [5, 5.41) is 10.8. The van der Waals surface area contributed by atoms with Gasteiger partial charge in [-0.25, -0.2) is 0 Å². The summed E-state index contributed by atoms with van der Waals surface area (Å²) in [7, 11) is 0. The molecular formula is C18H16N2O3. The van der Waals surface area contributed by atoms with Crippen molar-refractivity contribution in [2.75, 3.05) is 13.1 Å². The average Bonchev–Trinajstić information content (AvgIpc) is 2.62. The quantitative estimate of drug-likeness (QED) is 0.643. The van der Waals surface area contributed by atoms with E-state index in [2.05, 4.69) is 12.1 Å². The van der Waals surface area contributed by atoms with Crippen LogP contribution in [0.15, 0.2) is 60.7 Å². The summed E-state index contributed by atoms with van der Waals surface area (Å²) in [4.78, 5) is 24.5. The second-order valence-corrected chi connectivity index (χ2v) is 5.40. The number of hydrogen-bond acceptors (Lipinski definition) is 3. The Morgan fingerprint density at radius 2 is 1.87 bits per heavy atom. The summed E-state index contributed by atoms with van der Waals surface area (Å²) in [6.45, 7) is 1.13. The zero-order valence-electron chi connectivity index (χ0n) is 12.5. The summed E-state index contributed by atoms with van der Waals surface area (Å²) in [5.74, 6) is -0.169. The van der Waals surface area contributed by atoms with Gasteiger partial charge in [0.15, 0.2) is 0 Å². The molecule has 0 bridgehead atoms. The molecule has 0 spiro atoms. The lowest BCUT2D eigenvalue weighted by atomic mass is 9.99. The van der Waals surface area contributed by atoms with Gasteiger partial charge in [0.25, 0.3) is 11.6 Å². The van der Waals surface area contributed by atoms with Gasteiger partial charge in [-0.05, 0) is 23.6 Å². The molecule has 1 heterocycles. The van der Waals surface area contributed by atoms with Crippen LogP contribution in [0.5, 0.6) is 0 Å². The maximum Gasteiger partial charge on any atom is 0.270 e. The van der Waals surface area contributed by atoms with Crippen molar-refractivity contribution < 1.29 is 9.72 Å². The first-order valence-electron chi connectivity index (χ1n) is 7.43. The van der Waals surface area contributed by atoms with E-state index in [0.29, 0.717) is 18.7 Å². The van der Waals surface area contributed by atoms with E-state index >= 15 is 0 Å². The molecule has 2 aromatic carbocycles. The van der Waals surface area contributed by atoms with E-state index in [4.69, 9.17) is 0 Å². The van der Waals surface area contributed by atoms with Crippen molar-refractivity contribution in [1.82, 2.24) is 4.90 Å². The fraction of sp³-hybridized carbons (Fsp3) is 0.167. The molecule has 0 aromatic heterocycles. The highest BCUT2D eigenvalue weighted by Gasteiger charge is 2.20. The van der Waals surface area contributed by atoms with Crippen molar-refractivity contribution in [3.05, 3.63) is 81.9 Å². The number of carbonyl (C=O) groups is 1. The molecule has 0 radical (unpaired) electrons. The number of nitro benzene ring substituents is 1. The van der Waals surface area contributed by atoms with Crippen LogP contribution in [-0.4, -0.2) is 28.8 Å². The van der Waals surface area contributed by atoms with Crippen molar-refractivity contribution in [2.45, 2.75) is 6.42 Å². The summed E-state index contributed by atoms with van der Waals surface area (Å²) in [6.07, 6.45) is 2.83. The van der Waals surface area contributed by atoms with Crippen LogP contribution in [0.4, 0.5) is 5.69 Å². The molecule has 5 nitrogen and oxygen atoms in total. The number of non-ortho nitro benzene ring substituents is 1. The number of nitrogens with zero attached hydrogens (tertiary/aromatic N) is 2. The van der Waals surface area contributed by atoms with Crippen molar-refractivity contribution in [1.29, 1.82) is 0 Å². The lowest BCUT2D eigenvalue weighted by Crippen LogP contribution is -2.34. The fourth-order valence-corrected chi connectivity index (χ4v) is 2.70. The Morgan fingerprint density at radius 3 is 2.52 bits per heavy atom. The zero-order chi connectivity index (χ0) is 16.2. The molecule has 0 unspecified atom stereocenters. The minimum atomic E-state index is -0.486. The molecule has 0 aliphatic carbocycles. The van der Waals surface area contributed by atoms with Crippen LogP contribution < -0.4 is 0 Å². The zero-order valence-corrected chi connectivity index (χ0v) is 12.5. The third-order valence-corrected chi connectivity index (χ3v) is 3.94. The first-order valence-corrected chi connectivity index (χ1v) is 7.43. The van der Waals surface area contributed by atoms with E-state index in [0.717, 1.165) is 6.42 Å². The highest BCUT2D eigenvalue weighted by molar-refractivity contribution is 5.95. The summed E-state index contributed by atoms with van der Waals surface area (Å²) >= 11 is 0. The fourth-order valence-electron chi connectivity index (χ4n) is 2.70. The van der Waals surface area contributed by atoms with Gasteiger partial charge in [0.1, 0.15) is 0 Å². The monoisotopic (exact) mass is 308 g/mol. The van der Waals surface area contributed by atoms with Crippen LogP contribution in [0.2, 0.25) is 0 Å². The maximum atomic E-state index is 12.5. The van der Waals surface area contributed by atoms with Gasteiger partial charge in [-0.3, -0.25) is 14.9 Å². The van der Waals surface area contributed by atoms with Crippen LogP contribution in [0.25, 0.3) is 5.57 Å². The van der Waals surface area contributed by atoms with Crippen LogP contribution >= 0.6 is 0 Å². The van der Waals surface area contributed by atoms with Crippen molar-refractivity contribution in [3.8, 4) is 0 Å². The van der Waals surface area contributed by atoms with Gasteiger partial charge in [0, 0.05) is 30.8 Å². The molecule has 3 rings (SSSR count). The highest BCUT2D eigenvalue weighted by Crippen LogP contribution is 2.23. The molecule has 0 saturated carbocycles. The summed E-state index contributed by atoms with van der Waals surface area (Å²) in [5.41, 5.74) is 2.70. The molecular weight excluding hydrogens is 292 g/mol. The largest absolute Gasteiger partial charge is 0.335 e. The number of carbonyl (C=O) groups excluding carboxylic acids is 1. The van der Waals surface area contributed by atoms with E-state index in [1.54, 1.807) is 17.0 Å². The minimum Gasteiger partial charge on any atom is -0.335 e. The number of hydrogen-bond donors (Lipinski definition) is 0. The van der Waals surface area contributed by atoms with Crippen molar-refractivity contribution in [2.24, 2.45) is 0 Å². The molecule has 0 atom stereocenters. The predicted octanol–water partition coefficient (Wildman–Crippen LogP) is 3.52. The summed E-state index contributed by atoms with van der Waals surface area (Å²) < 4.78 is 0. The number of nitro groups is 1. The second-order valence-electron chi connectivity index (χ2n) is 5.40. The Hall–Kier alpha value is -2.95. The highest BCUT2D eigenvalue weighted by atomic mass is 16.6. The Bertz CT molecular complexity index is 769. The maximum absolute atomic E-state index is 12.5. The third-order valence-electron chi connectivity index (χ3n) is 3.94. The minimum absolute atomic E-state index is 0.0617. The lowest BCUT2D eigenvalue weighted by molar-refractivity contribution is -0.384. The Labute approximate surface area is 134 Å². The van der Waals surface area contributed by atoms with Crippen LogP contribution in [0, 0.1) is 10.1 Å².